The molecule has 0 bridgehead atoms. The summed E-state index contributed by atoms with van der Waals surface area (Å²) >= 11 is 7.31. The fraction of sp³-hybridized carbons (Fsp3) is 0.300. The molecule has 0 aliphatic heterocycles. The van der Waals surface area contributed by atoms with Crippen LogP contribution in [0.25, 0.3) is 0 Å². The van der Waals surface area contributed by atoms with Gasteiger partial charge in [-0.15, -0.1) is 11.3 Å². The minimum atomic E-state index is -0.591. The van der Waals surface area contributed by atoms with E-state index in [-0.39, 0.29) is 11.8 Å². The van der Waals surface area contributed by atoms with Gasteiger partial charge in [-0.2, -0.15) is 4.98 Å². The maximum atomic E-state index is 13.0. The number of nitrogens with one attached hydrogen (secondary N) is 2. The zero-order chi connectivity index (χ0) is 20.6. The van der Waals surface area contributed by atoms with Gasteiger partial charge in [0.05, 0.1) is 20.5 Å². The quantitative estimate of drug-likeness (QED) is 0.622. The van der Waals surface area contributed by atoms with Crippen LogP contribution in [0.15, 0.2) is 34.9 Å². The number of benzene rings is 1. The maximum Gasteiger partial charge on any atom is 0.262 e. The first-order valence-electron chi connectivity index (χ1n) is 9.17. The molecule has 1 fully saturated rings. The Morgan fingerprint density at radius 3 is 2.59 bits per heavy atom. The van der Waals surface area contributed by atoms with E-state index in [2.05, 4.69) is 20.8 Å². The van der Waals surface area contributed by atoms with Crippen molar-refractivity contribution in [1.82, 2.24) is 15.5 Å². The third-order valence-corrected chi connectivity index (χ3v) is 6.48. The third kappa shape index (κ3) is 3.77. The van der Waals surface area contributed by atoms with Gasteiger partial charge in [0.1, 0.15) is 5.54 Å². The van der Waals surface area contributed by atoms with Crippen LogP contribution in [0.3, 0.4) is 0 Å². The highest BCUT2D eigenvalue weighted by Gasteiger charge is 2.44. The second-order valence-corrected chi connectivity index (χ2v) is 8.54. The Labute approximate surface area is 176 Å². The molecule has 0 saturated heterocycles. The molecule has 0 radical (unpaired) electrons. The maximum absolute atomic E-state index is 13.0. The molecule has 0 spiro atoms. The number of anilines is 1. The second-order valence-electron chi connectivity index (χ2n) is 7.08. The smallest absolute Gasteiger partial charge is 0.262 e. The van der Waals surface area contributed by atoms with Crippen LogP contribution >= 0.6 is 22.9 Å². The number of aromatic nitrogens is 2. The zero-order valence-electron chi connectivity index (χ0n) is 15.9. The highest BCUT2D eigenvalue weighted by molar-refractivity contribution is 7.18. The molecule has 29 heavy (non-hydrogen) atoms. The molecule has 1 saturated carbocycles. The Bertz CT molecular complexity index is 1090. The molecule has 2 amide bonds. The molecule has 2 N–H and O–H groups in total. The Morgan fingerprint density at radius 2 is 1.97 bits per heavy atom. The standard InChI is InChI=1S/C20H19ClN4O3S/c1-11-10-15(23-17(26)13-6-3-4-7-14(13)21)29-16(11)18(27)24-20(8-5-9-20)19-22-12(2)28-25-19/h3-4,6-7,10H,5,8-9H2,1-2H3,(H,23,26)(H,24,27). The molecule has 7 nitrogen and oxygen atoms in total. The van der Waals surface area contributed by atoms with E-state index in [0.29, 0.717) is 32.2 Å². The average molecular weight is 431 g/mol. The van der Waals surface area contributed by atoms with Crippen molar-refractivity contribution in [3.63, 3.8) is 0 Å². The fourth-order valence-electron chi connectivity index (χ4n) is 3.30. The predicted octanol–water partition coefficient (Wildman–Crippen LogP) is 4.46. The number of thiophene rings is 1. The molecule has 3 aromatic rings. The largest absolute Gasteiger partial charge is 0.340 e. The van der Waals surface area contributed by atoms with Crippen LogP contribution in [0, 0.1) is 13.8 Å². The summed E-state index contributed by atoms with van der Waals surface area (Å²) in [4.78, 5) is 30.3. The van der Waals surface area contributed by atoms with Gasteiger partial charge >= 0.3 is 0 Å². The van der Waals surface area contributed by atoms with Crippen LogP contribution in [0.4, 0.5) is 5.00 Å². The van der Waals surface area contributed by atoms with Crippen LogP contribution in [0.2, 0.25) is 5.02 Å². The van der Waals surface area contributed by atoms with Crippen LogP contribution in [0.5, 0.6) is 0 Å². The van der Waals surface area contributed by atoms with Gasteiger partial charge in [-0.05, 0) is 49.9 Å². The van der Waals surface area contributed by atoms with E-state index in [1.54, 1.807) is 37.3 Å². The molecule has 150 valence electrons. The van der Waals surface area contributed by atoms with Crippen LogP contribution in [-0.4, -0.2) is 22.0 Å². The van der Waals surface area contributed by atoms with E-state index in [0.717, 1.165) is 24.8 Å². The normalized spacial score (nSPS) is 14.9. The van der Waals surface area contributed by atoms with Crippen molar-refractivity contribution >= 4 is 39.8 Å². The zero-order valence-corrected chi connectivity index (χ0v) is 17.5. The average Bonchev–Trinajstić information content (AvgIpc) is 3.24. The Hall–Kier alpha value is -2.71. The summed E-state index contributed by atoms with van der Waals surface area (Å²) in [6, 6.07) is 8.60. The number of hydrogen-bond acceptors (Lipinski definition) is 6. The third-order valence-electron chi connectivity index (χ3n) is 4.99. The van der Waals surface area contributed by atoms with E-state index >= 15 is 0 Å². The number of aryl methyl sites for hydroxylation is 2. The molecule has 1 aromatic carbocycles. The molecule has 1 aliphatic rings. The summed E-state index contributed by atoms with van der Waals surface area (Å²) in [6.45, 7) is 3.56. The van der Waals surface area contributed by atoms with E-state index in [9.17, 15) is 9.59 Å². The van der Waals surface area contributed by atoms with E-state index in [1.165, 1.54) is 11.3 Å². The summed E-state index contributed by atoms with van der Waals surface area (Å²) in [5.41, 5.74) is 0.569. The minimum absolute atomic E-state index is 0.215. The molecule has 0 unspecified atom stereocenters. The summed E-state index contributed by atoms with van der Waals surface area (Å²) in [7, 11) is 0. The summed E-state index contributed by atoms with van der Waals surface area (Å²) in [6.07, 6.45) is 2.51. The van der Waals surface area contributed by atoms with Gasteiger partial charge in [-0.25, -0.2) is 0 Å². The van der Waals surface area contributed by atoms with Gasteiger partial charge in [0, 0.05) is 6.92 Å². The number of rotatable bonds is 5. The fourth-order valence-corrected chi connectivity index (χ4v) is 4.48. The molecule has 0 atom stereocenters. The minimum Gasteiger partial charge on any atom is -0.340 e. The van der Waals surface area contributed by atoms with Crippen LogP contribution < -0.4 is 10.6 Å². The SMILES string of the molecule is Cc1nc(C2(NC(=O)c3sc(NC(=O)c4ccccc4Cl)cc3C)CCC2)no1. The first-order chi connectivity index (χ1) is 13.9. The first kappa shape index (κ1) is 19.6. The van der Waals surface area contributed by atoms with Gasteiger partial charge in [0.25, 0.3) is 11.8 Å². The highest BCUT2D eigenvalue weighted by atomic mass is 35.5. The molecule has 2 aromatic heterocycles. The Kier molecular flexibility index (Phi) is 5.14. The second kappa shape index (κ2) is 7.61. The number of nitrogens with zero attached hydrogens (tertiary/aromatic N) is 2. The molecular formula is C20H19ClN4O3S. The summed E-state index contributed by atoms with van der Waals surface area (Å²) < 4.78 is 5.09. The lowest BCUT2D eigenvalue weighted by Gasteiger charge is -2.39. The molecule has 1 aliphatic carbocycles. The number of carbonyl (C=O) groups excluding carboxylic acids is 2. The topological polar surface area (TPSA) is 97.1 Å². The lowest BCUT2D eigenvalue weighted by atomic mass is 9.76. The van der Waals surface area contributed by atoms with Gasteiger partial charge in [0.2, 0.25) is 5.89 Å². The van der Waals surface area contributed by atoms with Crippen molar-refractivity contribution in [3.8, 4) is 0 Å². The van der Waals surface area contributed by atoms with E-state index in [4.69, 9.17) is 16.1 Å². The molecule has 9 heteroatoms. The number of halogens is 1. The highest BCUT2D eigenvalue weighted by Crippen LogP contribution is 2.40. The molecular weight excluding hydrogens is 412 g/mol. The van der Waals surface area contributed by atoms with Gasteiger partial charge in [-0.3, -0.25) is 9.59 Å². The molecule has 2 heterocycles. The Balaban J connectivity index is 1.51. The van der Waals surface area contributed by atoms with E-state index < -0.39 is 5.54 Å². The van der Waals surface area contributed by atoms with Crippen molar-refractivity contribution in [2.45, 2.75) is 38.6 Å². The Morgan fingerprint density at radius 1 is 1.21 bits per heavy atom. The van der Waals surface area contributed by atoms with Crippen molar-refractivity contribution in [1.29, 1.82) is 0 Å². The predicted molar refractivity (Wildman–Crippen MR) is 110 cm³/mol. The van der Waals surface area contributed by atoms with Crippen molar-refractivity contribution in [2.24, 2.45) is 0 Å². The van der Waals surface area contributed by atoms with Crippen LogP contribution in [0.1, 0.15) is 56.6 Å². The van der Waals surface area contributed by atoms with Gasteiger partial charge < -0.3 is 15.2 Å². The summed E-state index contributed by atoms with van der Waals surface area (Å²) in [5.74, 6) is 0.447. The van der Waals surface area contributed by atoms with Crippen LogP contribution in [-0.2, 0) is 5.54 Å². The number of hydrogen-bond donors (Lipinski definition) is 2. The van der Waals surface area contributed by atoms with E-state index in [1.807, 2.05) is 6.92 Å². The lowest BCUT2D eigenvalue weighted by Crippen LogP contribution is -2.51. The monoisotopic (exact) mass is 430 g/mol. The first-order valence-corrected chi connectivity index (χ1v) is 10.4. The van der Waals surface area contributed by atoms with Gasteiger partial charge in [-0.1, -0.05) is 28.9 Å². The lowest BCUT2D eigenvalue weighted by molar-refractivity contribution is 0.0808. The number of amides is 2. The number of carbonyl (C=O) groups is 2. The summed E-state index contributed by atoms with van der Waals surface area (Å²) in [5, 5.41) is 10.8. The van der Waals surface area contributed by atoms with Crippen molar-refractivity contribution in [3.05, 3.63) is 63.1 Å². The van der Waals surface area contributed by atoms with Gasteiger partial charge in [0.15, 0.2) is 5.82 Å². The van der Waals surface area contributed by atoms with Crippen molar-refractivity contribution < 1.29 is 14.1 Å². The molecule has 4 rings (SSSR count). The van der Waals surface area contributed by atoms with Crippen molar-refractivity contribution in [2.75, 3.05) is 5.32 Å².